The molecule has 2 aliphatic rings. The molecular formula is C23H27FN6OS. The molecule has 2 aliphatic heterocycles. The summed E-state index contributed by atoms with van der Waals surface area (Å²) >= 11 is 1.71. The van der Waals surface area contributed by atoms with Gasteiger partial charge in [0.2, 0.25) is 0 Å². The van der Waals surface area contributed by atoms with Crippen LogP contribution in [-0.2, 0) is 26.7 Å². The van der Waals surface area contributed by atoms with Crippen molar-refractivity contribution in [2.45, 2.75) is 37.6 Å². The van der Waals surface area contributed by atoms with Gasteiger partial charge in [-0.2, -0.15) is 0 Å². The highest BCUT2D eigenvalue weighted by Crippen LogP contribution is 2.31. The van der Waals surface area contributed by atoms with Gasteiger partial charge in [0.1, 0.15) is 17.7 Å². The number of hydrogen-bond acceptors (Lipinski definition) is 5. The molecule has 0 unspecified atom stereocenters. The molecule has 0 aliphatic carbocycles. The van der Waals surface area contributed by atoms with Crippen molar-refractivity contribution in [2.75, 3.05) is 24.5 Å². The van der Waals surface area contributed by atoms with Crippen LogP contribution in [0, 0.1) is 6.92 Å². The Labute approximate surface area is 191 Å². The third-order valence-corrected chi connectivity index (χ3v) is 7.42. The van der Waals surface area contributed by atoms with Crippen LogP contribution in [0.3, 0.4) is 0 Å². The van der Waals surface area contributed by atoms with E-state index in [1.54, 1.807) is 18.1 Å². The van der Waals surface area contributed by atoms with E-state index in [1.807, 2.05) is 41.6 Å². The molecule has 0 atom stereocenters. The molecule has 0 bridgehead atoms. The number of carbonyl (C=O) groups is 1. The number of carbonyl (C=O) groups excluding carboxylic acids is 1. The number of halogens is 1. The smallest absolute Gasteiger partial charge is 0.268 e. The van der Waals surface area contributed by atoms with Crippen molar-refractivity contribution in [3.05, 3.63) is 65.4 Å². The number of aromatic nitrogens is 3. The lowest BCUT2D eigenvalue weighted by Crippen LogP contribution is -2.49. The molecule has 9 heteroatoms. The van der Waals surface area contributed by atoms with Crippen LogP contribution < -0.4 is 10.2 Å². The fraction of sp³-hybridized carbons (Fsp3) is 0.391. The number of amides is 1. The maximum atomic E-state index is 13.3. The number of fused-ring (bicyclic) bond motifs is 1. The largest absolute Gasteiger partial charge is 0.350 e. The Balaban J connectivity index is 1.25. The monoisotopic (exact) mass is 454 g/mol. The number of pyridine rings is 1. The minimum absolute atomic E-state index is 0.128. The summed E-state index contributed by atoms with van der Waals surface area (Å²) in [5, 5.41) is 3.02. The van der Waals surface area contributed by atoms with E-state index >= 15 is 0 Å². The number of alkyl halides is 1. The van der Waals surface area contributed by atoms with Crippen molar-refractivity contribution in [1.29, 1.82) is 0 Å². The molecular weight excluding hydrogens is 427 g/mol. The zero-order chi connectivity index (χ0) is 22.2. The Morgan fingerprint density at radius 2 is 2.12 bits per heavy atom. The minimum atomic E-state index is -0.800. The molecule has 7 nitrogen and oxygen atoms in total. The average molecular weight is 455 g/mol. The van der Waals surface area contributed by atoms with Gasteiger partial charge in [-0.25, -0.2) is 13.7 Å². The highest BCUT2D eigenvalue weighted by Gasteiger charge is 2.29. The molecule has 1 amide bonds. The Morgan fingerprint density at radius 3 is 2.94 bits per heavy atom. The molecule has 0 saturated carbocycles. The topological polar surface area (TPSA) is 58.3 Å². The third-order valence-electron chi connectivity index (χ3n) is 6.24. The van der Waals surface area contributed by atoms with Crippen molar-refractivity contribution in [1.82, 2.24) is 23.7 Å². The molecule has 3 aromatic heterocycles. The van der Waals surface area contributed by atoms with Gasteiger partial charge in [0.25, 0.3) is 5.91 Å². The Morgan fingerprint density at radius 1 is 1.28 bits per heavy atom. The molecule has 0 aromatic carbocycles. The van der Waals surface area contributed by atoms with Crippen LogP contribution in [0.4, 0.5) is 10.2 Å². The highest BCUT2D eigenvalue weighted by molar-refractivity contribution is 7.97. The fourth-order valence-corrected chi connectivity index (χ4v) is 5.29. The van der Waals surface area contributed by atoms with Crippen LogP contribution >= 0.6 is 11.9 Å². The van der Waals surface area contributed by atoms with E-state index < -0.39 is 6.17 Å². The van der Waals surface area contributed by atoms with Gasteiger partial charge in [0, 0.05) is 67.5 Å². The lowest BCUT2D eigenvalue weighted by atomic mass is 10.1. The van der Waals surface area contributed by atoms with E-state index in [4.69, 9.17) is 0 Å². The predicted octanol–water partition coefficient (Wildman–Crippen LogP) is 3.14. The first-order valence-electron chi connectivity index (χ1n) is 10.8. The van der Waals surface area contributed by atoms with E-state index in [-0.39, 0.29) is 5.91 Å². The van der Waals surface area contributed by atoms with Gasteiger partial charge in [0.05, 0.1) is 13.1 Å². The summed E-state index contributed by atoms with van der Waals surface area (Å²) in [6.45, 7) is 5.93. The zero-order valence-corrected chi connectivity index (χ0v) is 19.1. The molecule has 1 fully saturated rings. The van der Waals surface area contributed by atoms with Crippen LogP contribution in [0.15, 0.2) is 47.6 Å². The van der Waals surface area contributed by atoms with Crippen LogP contribution in [0.5, 0.6) is 0 Å². The van der Waals surface area contributed by atoms with Gasteiger partial charge < -0.3 is 19.4 Å². The number of rotatable bonds is 6. The standard InChI is InChI=1S/C23H27FN6OS/c1-16-21(32-30-10-9-28-8-4-6-19(28)15-30)11-20(27(16)2)23(31)26-12-17-5-3-7-25-22(17)29-13-18(24)14-29/h3-8,11,18H,9-10,12-15H2,1-2H3,(H,26,31). The number of nitrogens with one attached hydrogen (secondary N) is 1. The second-order valence-corrected chi connectivity index (χ2v) is 9.50. The molecule has 5 rings (SSSR count). The van der Waals surface area contributed by atoms with Crippen molar-refractivity contribution in [3.63, 3.8) is 0 Å². The van der Waals surface area contributed by atoms with E-state index in [1.165, 1.54) is 5.69 Å². The number of anilines is 1. The fourth-order valence-electron chi connectivity index (χ4n) is 4.21. The first-order chi connectivity index (χ1) is 15.5. The van der Waals surface area contributed by atoms with E-state index in [0.717, 1.165) is 41.6 Å². The van der Waals surface area contributed by atoms with Gasteiger partial charge in [0.15, 0.2) is 0 Å². The second kappa shape index (κ2) is 8.63. The predicted molar refractivity (Wildman–Crippen MR) is 123 cm³/mol. The molecule has 3 aromatic rings. The molecule has 1 saturated heterocycles. The molecule has 0 radical (unpaired) electrons. The van der Waals surface area contributed by atoms with E-state index in [0.29, 0.717) is 25.3 Å². The summed E-state index contributed by atoms with van der Waals surface area (Å²) in [5.74, 6) is 0.618. The Kier molecular flexibility index (Phi) is 5.69. The summed E-state index contributed by atoms with van der Waals surface area (Å²) in [6, 6.07) is 9.98. The summed E-state index contributed by atoms with van der Waals surface area (Å²) in [5.41, 5.74) is 3.90. The summed E-state index contributed by atoms with van der Waals surface area (Å²) in [6.07, 6.45) is 3.03. The molecule has 32 heavy (non-hydrogen) atoms. The maximum Gasteiger partial charge on any atom is 0.268 e. The van der Waals surface area contributed by atoms with Crippen molar-refractivity contribution < 1.29 is 9.18 Å². The quantitative estimate of drug-likeness (QED) is 0.580. The van der Waals surface area contributed by atoms with Crippen LogP contribution in [-0.4, -0.2) is 50.1 Å². The Bertz CT molecular complexity index is 1140. The molecule has 168 valence electrons. The summed E-state index contributed by atoms with van der Waals surface area (Å²) in [4.78, 5) is 20.4. The van der Waals surface area contributed by atoms with Gasteiger partial charge in [-0.3, -0.25) is 4.79 Å². The lowest BCUT2D eigenvalue weighted by Gasteiger charge is -2.36. The minimum Gasteiger partial charge on any atom is -0.350 e. The zero-order valence-electron chi connectivity index (χ0n) is 18.3. The van der Waals surface area contributed by atoms with Gasteiger partial charge >= 0.3 is 0 Å². The number of hydrogen-bond donors (Lipinski definition) is 1. The van der Waals surface area contributed by atoms with Gasteiger partial charge in [-0.1, -0.05) is 6.07 Å². The van der Waals surface area contributed by atoms with Crippen molar-refractivity contribution in [2.24, 2.45) is 7.05 Å². The van der Waals surface area contributed by atoms with Gasteiger partial charge in [-0.05, 0) is 43.1 Å². The van der Waals surface area contributed by atoms with Crippen LogP contribution in [0.2, 0.25) is 0 Å². The second-order valence-electron chi connectivity index (χ2n) is 8.36. The van der Waals surface area contributed by atoms with E-state index in [2.05, 4.69) is 37.5 Å². The SMILES string of the molecule is Cc1c(SN2CCn3cccc3C2)cc(C(=O)NCc2cccnc2N2CC(F)C2)n1C. The first-order valence-corrected chi connectivity index (χ1v) is 11.6. The maximum absolute atomic E-state index is 13.3. The molecule has 1 N–H and O–H groups in total. The molecule has 5 heterocycles. The summed E-state index contributed by atoms with van der Waals surface area (Å²) in [7, 11) is 1.92. The highest BCUT2D eigenvalue weighted by atomic mass is 32.2. The first kappa shape index (κ1) is 21.1. The van der Waals surface area contributed by atoms with Crippen molar-refractivity contribution in [3.8, 4) is 0 Å². The molecule has 0 spiro atoms. The normalized spacial score (nSPS) is 16.7. The van der Waals surface area contributed by atoms with Crippen LogP contribution in [0.1, 0.15) is 27.4 Å². The third kappa shape index (κ3) is 4.02. The summed E-state index contributed by atoms with van der Waals surface area (Å²) < 4.78 is 19.8. The lowest BCUT2D eigenvalue weighted by molar-refractivity contribution is 0.0942. The average Bonchev–Trinajstić information content (AvgIpc) is 3.35. The Hall–Kier alpha value is -2.78. The van der Waals surface area contributed by atoms with E-state index in [9.17, 15) is 9.18 Å². The number of nitrogens with zero attached hydrogens (tertiary/aromatic N) is 5. The van der Waals surface area contributed by atoms with Gasteiger partial charge in [-0.15, -0.1) is 0 Å². The van der Waals surface area contributed by atoms with Crippen LogP contribution in [0.25, 0.3) is 0 Å². The van der Waals surface area contributed by atoms with Crippen molar-refractivity contribution >= 4 is 23.7 Å².